The molecule has 2 N–H and O–H groups in total. The zero-order chi connectivity index (χ0) is 13.0. The standard InChI is InChI=1S/C12H15N3O3/c16-11(9-3-1-2-4-14-9)8-15-6-5-13-7-10(15)12(17)18/h1-4,10,13H,5-8H2,(H,17,18). The molecule has 1 saturated heterocycles. The monoisotopic (exact) mass is 249 g/mol. The summed E-state index contributed by atoms with van der Waals surface area (Å²) in [6, 6.07) is 4.47. The lowest BCUT2D eigenvalue weighted by Gasteiger charge is -2.32. The van der Waals surface area contributed by atoms with E-state index in [0.717, 1.165) is 0 Å². The Morgan fingerprint density at radius 2 is 2.33 bits per heavy atom. The van der Waals surface area contributed by atoms with Crippen LogP contribution in [0.3, 0.4) is 0 Å². The Kier molecular flexibility index (Phi) is 4.01. The highest BCUT2D eigenvalue weighted by atomic mass is 16.4. The minimum atomic E-state index is -0.906. The number of carboxylic acid groups (broad SMARTS) is 1. The van der Waals surface area contributed by atoms with Gasteiger partial charge in [0, 0.05) is 25.8 Å². The van der Waals surface area contributed by atoms with Crippen LogP contribution in [0.1, 0.15) is 10.5 Å². The third-order valence-corrected chi connectivity index (χ3v) is 2.94. The molecular weight excluding hydrogens is 234 g/mol. The number of carboxylic acids is 1. The number of nitrogens with zero attached hydrogens (tertiary/aromatic N) is 2. The zero-order valence-electron chi connectivity index (χ0n) is 9.87. The second kappa shape index (κ2) is 5.70. The van der Waals surface area contributed by atoms with Gasteiger partial charge in [-0.25, -0.2) is 0 Å². The molecule has 1 aliphatic heterocycles. The van der Waals surface area contributed by atoms with Crippen LogP contribution in [0, 0.1) is 0 Å². The van der Waals surface area contributed by atoms with Gasteiger partial charge in [0.15, 0.2) is 5.78 Å². The van der Waals surface area contributed by atoms with Gasteiger partial charge in [0.05, 0.1) is 6.54 Å². The summed E-state index contributed by atoms with van der Waals surface area (Å²) >= 11 is 0. The largest absolute Gasteiger partial charge is 0.480 e. The van der Waals surface area contributed by atoms with E-state index in [1.54, 1.807) is 29.3 Å². The lowest BCUT2D eigenvalue weighted by atomic mass is 10.1. The number of nitrogens with one attached hydrogen (secondary N) is 1. The van der Waals surface area contributed by atoms with Gasteiger partial charge in [0.1, 0.15) is 11.7 Å². The summed E-state index contributed by atoms with van der Waals surface area (Å²) in [6.07, 6.45) is 1.56. The Morgan fingerprint density at radius 3 is 3.00 bits per heavy atom. The van der Waals surface area contributed by atoms with Gasteiger partial charge in [0.2, 0.25) is 0 Å². The van der Waals surface area contributed by atoms with E-state index in [1.165, 1.54) is 0 Å². The molecule has 1 aromatic heterocycles. The van der Waals surface area contributed by atoms with E-state index in [-0.39, 0.29) is 12.3 Å². The number of carbonyl (C=O) groups is 2. The summed E-state index contributed by atoms with van der Waals surface area (Å²) in [6.45, 7) is 1.70. The highest BCUT2D eigenvalue weighted by Crippen LogP contribution is 2.06. The molecule has 18 heavy (non-hydrogen) atoms. The molecule has 0 saturated carbocycles. The minimum Gasteiger partial charge on any atom is -0.480 e. The first-order valence-corrected chi connectivity index (χ1v) is 5.80. The predicted molar refractivity (Wildman–Crippen MR) is 64.4 cm³/mol. The Balaban J connectivity index is 2.03. The van der Waals surface area contributed by atoms with Gasteiger partial charge in [-0.1, -0.05) is 6.07 Å². The van der Waals surface area contributed by atoms with Crippen molar-refractivity contribution in [3.63, 3.8) is 0 Å². The Hall–Kier alpha value is -1.79. The molecule has 0 aromatic carbocycles. The SMILES string of the molecule is O=C(CN1CCNCC1C(=O)O)c1ccccn1. The number of hydrogen-bond donors (Lipinski definition) is 2. The molecule has 96 valence electrons. The van der Waals surface area contributed by atoms with E-state index < -0.39 is 12.0 Å². The maximum atomic E-state index is 12.0. The van der Waals surface area contributed by atoms with Gasteiger partial charge < -0.3 is 10.4 Å². The van der Waals surface area contributed by atoms with Crippen LogP contribution in [0.15, 0.2) is 24.4 Å². The van der Waals surface area contributed by atoms with Crippen LogP contribution in [0.4, 0.5) is 0 Å². The van der Waals surface area contributed by atoms with Gasteiger partial charge in [0.25, 0.3) is 0 Å². The summed E-state index contributed by atoms with van der Waals surface area (Å²) in [5, 5.41) is 12.1. The van der Waals surface area contributed by atoms with E-state index in [0.29, 0.717) is 25.3 Å². The number of pyridine rings is 1. The summed E-state index contributed by atoms with van der Waals surface area (Å²) < 4.78 is 0. The molecule has 1 unspecified atom stereocenters. The second-order valence-electron chi connectivity index (χ2n) is 4.17. The summed E-state index contributed by atoms with van der Waals surface area (Å²) in [4.78, 5) is 28.7. The van der Waals surface area contributed by atoms with Crippen LogP contribution in [-0.2, 0) is 4.79 Å². The number of rotatable bonds is 4. The Morgan fingerprint density at radius 1 is 1.50 bits per heavy atom. The second-order valence-corrected chi connectivity index (χ2v) is 4.17. The lowest BCUT2D eigenvalue weighted by Crippen LogP contribution is -2.56. The summed E-state index contributed by atoms with van der Waals surface area (Å²) in [7, 11) is 0. The third kappa shape index (κ3) is 2.91. The molecule has 0 aliphatic carbocycles. The zero-order valence-corrected chi connectivity index (χ0v) is 9.87. The van der Waals surface area contributed by atoms with E-state index in [4.69, 9.17) is 5.11 Å². The highest BCUT2D eigenvalue weighted by Gasteiger charge is 2.29. The first-order chi connectivity index (χ1) is 8.68. The van der Waals surface area contributed by atoms with Crippen molar-refractivity contribution in [2.24, 2.45) is 0 Å². The lowest BCUT2D eigenvalue weighted by molar-refractivity contribution is -0.143. The third-order valence-electron chi connectivity index (χ3n) is 2.94. The quantitative estimate of drug-likeness (QED) is 0.708. The first-order valence-electron chi connectivity index (χ1n) is 5.80. The van der Waals surface area contributed by atoms with Gasteiger partial charge >= 0.3 is 5.97 Å². The Labute approximate surface area is 105 Å². The van der Waals surface area contributed by atoms with Crippen molar-refractivity contribution in [3.8, 4) is 0 Å². The summed E-state index contributed by atoms with van der Waals surface area (Å²) in [5.41, 5.74) is 0.375. The van der Waals surface area contributed by atoms with Crippen LogP contribution in [-0.4, -0.2) is 59.0 Å². The number of ketones is 1. The molecule has 2 heterocycles. The number of aromatic nitrogens is 1. The normalized spacial score (nSPS) is 20.6. The van der Waals surface area contributed by atoms with Crippen LogP contribution < -0.4 is 5.32 Å². The van der Waals surface area contributed by atoms with Crippen molar-refractivity contribution in [3.05, 3.63) is 30.1 Å². The van der Waals surface area contributed by atoms with Gasteiger partial charge in [-0.3, -0.25) is 19.5 Å². The topological polar surface area (TPSA) is 82.5 Å². The molecule has 1 atom stereocenters. The van der Waals surface area contributed by atoms with Crippen molar-refractivity contribution < 1.29 is 14.7 Å². The average Bonchev–Trinajstić information content (AvgIpc) is 2.40. The van der Waals surface area contributed by atoms with E-state index in [2.05, 4.69) is 10.3 Å². The van der Waals surface area contributed by atoms with Crippen molar-refractivity contribution in [2.45, 2.75) is 6.04 Å². The van der Waals surface area contributed by atoms with E-state index in [9.17, 15) is 9.59 Å². The number of aliphatic carboxylic acids is 1. The molecule has 1 aliphatic rings. The maximum Gasteiger partial charge on any atom is 0.322 e. The van der Waals surface area contributed by atoms with Gasteiger partial charge in [-0.15, -0.1) is 0 Å². The van der Waals surface area contributed by atoms with E-state index in [1.807, 2.05) is 0 Å². The number of hydrogen-bond acceptors (Lipinski definition) is 5. The number of carbonyl (C=O) groups excluding carboxylic acids is 1. The first kappa shape index (κ1) is 12.7. The molecule has 0 amide bonds. The maximum absolute atomic E-state index is 12.0. The molecule has 1 fully saturated rings. The fraction of sp³-hybridized carbons (Fsp3) is 0.417. The Bertz CT molecular complexity index is 435. The fourth-order valence-corrected chi connectivity index (χ4v) is 1.97. The molecule has 6 nitrogen and oxygen atoms in total. The van der Waals surface area contributed by atoms with Crippen molar-refractivity contribution >= 4 is 11.8 Å². The number of Topliss-reactive ketones (excluding diaryl/α,β-unsaturated/α-hetero) is 1. The van der Waals surface area contributed by atoms with Crippen molar-refractivity contribution in [2.75, 3.05) is 26.2 Å². The average molecular weight is 249 g/mol. The van der Waals surface area contributed by atoms with Crippen molar-refractivity contribution in [1.82, 2.24) is 15.2 Å². The molecule has 0 spiro atoms. The molecule has 1 aromatic rings. The van der Waals surface area contributed by atoms with Crippen LogP contribution in [0.5, 0.6) is 0 Å². The molecule has 6 heteroatoms. The molecular formula is C12H15N3O3. The fourth-order valence-electron chi connectivity index (χ4n) is 1.97. The van der Waals surface area contributed by atoms with Crippen LogP contribution in [0.25, 0.3) is 0 Å². The van der Waals surface area contributed by atoms with Gasteiger partial charge in [-0.2, -0.15) is 0 Å². The van der Waals surface area contributed by atoms with Gasteiger partial charge in [-0.05, 0) is 12.1 Å². The minimum absolute atomic E-state index is 0.0929. The molecule has 2 rings (SSSR count). The number of piperazine rings is 1. The van der Waals surface area contributed by atoms with E-state index >= 15 is 0 Å². The predicted octanol–water partition coefficient (Wildman–Crippen LogP) is -0.377. The highest BCUT2D eigenvalue weighted by molar-refractivity contribution is 5.96. The smallest absolute Gasteiger partial charge is 0.322 e. The van der Waals surface area contributed by atoms with Crippen LogP contribution in [0.2, 0.25) is 0 Å². The molecule has 0 bridgehead atoms. The molecule has 0 radical (unpaired) electrons. The summed E-state index contributed by atoms with van der Waals surface area (Å²) in [5.74, 6) is -1.06. The van der Waals surface area contributed by atoms with Crippen molar-refractivity contribution in [1.29, 1.82) is 0 Å². The van der Waals surface area contributed by atoms with Crippen LogP contribution >= 0.6 is 0 Å².